The number of nitrogens with zero attached hydrogens (tertiary/aromatic N) is 2. The molecule has 2 aromatic rings. The van der Waals surface area contributed by atoms with Crippen LogP contribution in [0.25, 0.3) is 0 Å². The van der Waals surface area contributed by atoms with Crippen LogP contribution in [-0.4, -0.2) is 42.7 Å². The van der Waals surface area contributed by atoms with Gasteiger partial charge in [0.15, 0.2) is 5.28 Å². The topological polar surface area (TPSA) is 85.3 Å². The Morgan fingerprint density at radius 2 is 1.53 bits per heavy atom. The Balaban J connectivity index is 1.75. The molecule has 0 saturated carbocycles. The molecule has 0 unspecified atom stereocenters. The molecule has 4 rings (SSSR count). The summed E-state index contributed by atoms with van der Waals surface area (Å²) < 4.78 is 25.6. The van der Waals surface area contributed by atoms with E-state index < -0.39 is 30.6 Å². The van der Waals surface area contributed by atoms with Gasteiger partial charge < -0.3 is 9.05 Å². The Bertz CT molecular complexity index is 1050. The van der Waals surface area contributed by atoms with E-state index in [1.54, 1.807) is 38.1 Å². The molecule has 2 amide bonds. The lowest BCUT2D eigenvalue weighted by molar-refractivity contribution is -0.140. The number of rotatable bonds is 9. The Labute approximate surface area is 188 Å². The molecule has 2 aliphatic rings. The molecule has 1 fully saturated rings. The molecule has 2 aliphatic heterocycles. The van der Waals surface area contributed by atoms with E-state index in [0.29, 0.717) is 12.0 Å². The molecule has 0 aromatic heterocycles. The molecule has 3 atom stereocenters. The number of imide groups is 1. The summed E-state index contributed by atoms with van der Waals surface area (Å²) in [6.45, 7) is 3.93. The highest BCUT2D eigenvalue weighted by Crippen LogP contribution is 2.72. The number of carbonyl (C=O) groups excluding carboxylic acids is 2. The van der Waals surface area contributed by atoms with Gasteiger partial charge in [-0.05, 0) is 31.4 Å². The van der Waals surface area contributed by atoms with Crippen molar-refractivity contribution in [1.82, 2.24) is 4.90 Å². The van der Waals surface area contributed by atoms with Crippen molar-refractivity contribution in [1.29, 1.82) is 0 Å². The van der Waals surface area contributed by atoms with Crippen LogP contribution in [0.2, 0.25) is 0 Å². The Morgan fingerprint density at radius 1 is 0.938 bits per heavy atom. The fourth-order valence-corrected chi connectivity index (χ4v) is 7.05. The normalized spacial score (nSPS) is 24.9. The van der Waals surface area contributed by atoms with Crippen LogP contribution in [0.4, 0.5) is 0 Å². The van der Waals surface area contributed by atoms with Gasteiger partial charge in [0.1, 0.15) is 0 Å². The molecule has 32 heavy (non-hydrogen) atoms. The minimum absolute atomic E-state index is 0.124. The lowest BCUT2D eigenvalue weighted by atomic mass is 9.87. The van der Waals surface area contributed by atoms with Gasteiger partial charge in [0.2, 0.25) is 11.8 Å². The number of likely N-dealkylation sites (tertiary alicyclic amines) is 1. The summed E-state index contributed by atoms with van der Waals surface area (Å²) in [5.74, 6) is -2.49. The van der Waals surface area contributed by atoms with E-state index in [9.17, 15) is 14.2 Å². The van der Waals surface area contributed by atoms with Gasteiger partial charge in [0.25, 0.3) is 0 Å². The van der Waals surface area contributed by atoms with Crippen LogP contribution < -0.4 is 0 Å². The first-order chi connectivity index (χ1) is 15.5. The van der Waals surface area contributed by atoms with Crippen molar-refractivity contribution < 1.29 is 23.2 Å². The molecule has 2 aromatic carbocycles. The molecule has 0 spiro atoms. The zero-order chi connectivity index (χ0) is 22.8. The van der Waals surface area contributed by atoms with Gasteiger partial charge in [-0.1, -0.05) is 60.7 Å². The van der Waals surface area contributed by atoms with Crippen molar-refractivity contribution in [3.05, 3.63) is 71.8 Å². The minimum atomic E-state index is -3.95. The molecule has 0 radical (unpaired) electrons. The lowest BCUT2D eigenvalue weighted by Gasteiger charge is -2.37. The van der Waals surface area contributed by atoms with Crippen molar-refractivity contribution in [2.75, 3.05) is 19.8 Å². The molecule has 7 nitrogen and oxygen atoms in total. The molecule has 8 heteroatoms. The number of hydrogen-bond donors (Lipinski definition) is 0. The number of hydrogen-bond acceptors (Lipinski definition) is 6. The fraction of sp³-hybridized carbons (Fsp3) is 0.375. The first-order valence-electron chi connectivity index (χ1n) is 10.9. The van der Waals surface area contributed by atoms with Gasteiger partial charge in [0, 0.05) is 12.8 Å². The summed E-state index contributed by atoms with van der Waals surface area (Å²) in [7, 11) is -3.95. The largest absolute Gasteiger partial charge is 0.363 e. The SMILES string of the molecule is CCOP(=O)(OCC)[C@]1(c2ccccc2)N=C[C@H]2C(=O)N(CCc3ccccc3)C(=O)[C@H]21. The van der Waals surface area contributed by atoms with Crippen molar-refractivity contribution in [2.45, 2.75) is 25.5 Å². The second-order valence-corrected chi connectivity index (χ2v) is 9.96. The maximum absolute atomic E-state index is 14.2. The number of amides is 2. The van der Waals surface area contributed by atoms with Crippen molar-refractivity contribution >= 4 is 25.6 Å². The Morgan fingerprint density at radius 3 is 2.12 bits per heavy atom. The second-order valence-electron chi connectivity index (χ2n) is 7.77. The number of aliphatic imine (C=N–C) groups is 1. The second kappa shape index (κ2) is 9.10. The van der Waals surface area contributed by atoms with Crippen LogP contribution >= 0.6 is 7.60 Å². The van der Waals surface area contributed by atoms with Gasteiger partial charge in [-0.25, -0.2) is 0 Å². The van der Waals surface area contributed by atoms with E-state index in [1.807, 2.05) is 36.4 Å². The Kier molecular flexibility index (Phi) is 6.42. The van der Waals surface area contributed by atoms with E-state index in [0.717, 1.165) is 5.56 Å². The highest BCUT2D eigenvalue weighted by molar-refractivity contribution is 7.55. The van der Waals surface area contributed by atoms with Crippen molar-refractivity contribution in [3.63, 3.8) is 0 Å². The maximum atomic E-state index is 14.2. The molecule has 2 heterocycles. The maximum Gasteiger partial charge on any atom is 0.363 e. The monoisotopic (exact) mass is 454 g/mol. The summed E-state index contributed by atoms with van der Waals surface area (Å²) in [5.41, 5.74) is 1.57. The van der Waals surface area contributed by atoms with E-state index in [2.05, 4.69) is 4.99 Å². The van der Waals surface area contributed by atoms with Crippen LogP contribution in [0.15, 0.2) is 65.7 Å². The summed E-state index contributed by atoms with van der Waals surface area (Å²) in [5, 5.41) is -1.60. The van der Waals surface area contributed by atoms with E-state index in [1.165, 1.54) is 11.1 Å². The Hall–Kier alpha value is -2.60. The third-order valence-corrected chi connectivity index (χ3v) is 8.67. The quantitative estimate of drug-likeness (QED) is 0.422. The highest BCUT2D eigenvalue weighted by Gasteiger charge is 2.69. The number of benzene rings is 2. The molecule has 168 valence electrons. The predicted molar refractivity (Wildman–Crippen MR) is 121 cm³/mol. The predicted octanol–water partition coefficient (Wildman–Crippen LogP) is 4.03. The van der Waals surface area contributed by atoms with Gasteiger partial charge in [0.05, 0.1) is 25.0 Å². The molecular weight excluding hydrogens is 427 g/mol. The lowest BCUT2D eigenvalue weighted by Crippen LogP contribution is -2.40. The smallest absolute Gasteiger partial charge is 0.307 e. The van der Waals surface area contributed by atoms with Crippen LogP contribution in [-0.2, 0) is 34.9 Å². The van der Waals surface area contributed by atoms with Crippen LogP contribution in [0.5, 0.6) is 0 Å². The zero-order valence-corrected chi connectivity index (χ0v) is 19.1. The third-order valence-electron chi connectivity index (χ3n) is 5.99. The van der Waals surface area contributed by atoms with Crippen LogP contribution in [0, 0.1) is 11.8 Å². The van der Waals surface area contributed by atoms with Gasteiger partial charge in [-0.15, -0.1) is 0 Å². The standard InChI is InChI=1S/C24H27N2O5P/c1-3-30-32(29,31-4-2)24(19-13-9-6-10-14-19)21-20(17-25-24)22(27)26(23(21)28)16-15-18-11-7-5-8-12-18/h5-14,17,20-21H,3-4,15-16H2,1-2H3/t20-,21+,24+/m1/s1. The molecule has 1 saturated heterocycles. The molecular formula is C24H27N2O5P. The van der Waals surface area contributed by atoms with Crippen LogP contribution in [0.1, 0.15) is 25.0 Å². The van der Waals surface area contributed by atoms with E-state index in [-0.39, 0.29) is 25.7 Å². The third kappa shape index (κ3) is 3.54. The van der Waals surface area contributed by atoms with Gasteiger partial charge in [-0.2, -0.15) is 0 Å². The van der Waals surface area contributed by atoms with Crippen molar-refractivity contribution in [3.8, 4) is 0 Å². The highest BCUT2D eigenvalue weighted by atomic mass is 31.2. The first kappa shape index (κ1) is 22.6. The number of carbonyl (C=O) groups is 2. The van der Waals surface area contributed by atoms with Gasteiger partial charge in [-0.3, -0.25) is 24.0 Å². The average Bonchev–Trinajstić information content (AvgIpc) is 3.32. The van der Waals surface area contributed by atoms with Crippen LogP contribution in [0.3, 0.4) is 0 Å². The molecule has 0 aliphatic carbocycles. The van der Waals surface area contributed by atoms with E-state index >= 15 is 0 Å². The number of fused-ring (bicyclic) bond motifs is 1. The first-order valence-corrected chi connectivity index (χ1v) is 12.4. The average molecular weight is 454 g/mol. The molecule has 0 N–H and O–H groups in total. The van der Waals surface area contributed by atoms with Crippen molar-refractivity contribution in [2.24, 2.45) is 16.8 Å². The van der Waals surface area contributed by atoms with E-state index in [4.69, 9.17) is 9.05 Å². The zero-order valence-electron chi connectivity index (χ0n) is 18.2. The minimum Gasteiger partial charge on any atom is -0.307 e. The summed E-state index contributed by atoms with van der Waals surface area (Å²) >= 11 is 0. The van der Waals surface area contributed by atoms with Gasteiger partial charge >= 0.3 is 7.60 Å². The molecule has 0 bridgehead atoms. The fourth-order valence-electron chi connectivity index (χ4n) is 4.62. The summed E-state index contributed by atoms with van der Waals surface area (Å²) in [4.78, 5) is 32.7. The summed E-state index contributed by atoms with van der Waals surface area (Å²) in [6, 6.07) is 18.6. The summed E-state index contributed by atoms with van der Waals surface area (Å²) in [6.07, 6.45) is 2.01.